The summed E-state index contributed by atoms with van der Waals surface area (Å²) in [5.74, 6) is 1.86. The molecule has 22 heavy (non-hydrogen) atoms. The Morgan fingerprint density at radius 1 is 1.05 bits per heavy atom. The molecule has 1 saturated heterocycles. The standard InChI is InChI=1S/C13H20N8S/c1-19(2)10-15-11(20-7-5-4-6-8-20)17-12(16-10)21-9-14-13(18-21)22-3/h9H,4-8H2,1-3H3. The van der Waals surface area contributed by atoms with Gasteiger partial charge in [-0.1, -0.05) is 11.8 Å². The molecule has 0 N–H and O–H groups in total. The summed E-state index contributed by atoms with van der Waals surface area (Å²) in [6, 6.07) is 0. The topological polar surface area (TPSA) is 75.9 Å². The van der Waals surface area contributed by atoms with Crippen LogP contribution < -0.4 is 9.80 Å². The summed E-state index contributed by atoms with van der Waals surface area (Å²) in [6.07, 6.45) is 7.21. The van der Waals surface area contributed by atoms with E-state index in [9.17, 15) is 0 Å². The fourth-order valence-electron chi connectivity index (χ4n) is 2.32. The van der Waals surface area contributed by atoms with Crippen molar-refractivity contribution in [1.82, 2.24) is 29.7 Å². The number of hydrogen-bond donors (Lipinski definition) is 0. The van der Waals surface area contributed by atoms with Crippen molar-refractivity contribution >= 4 is 23.7 Å². The van der Waals surface area contributed by atoms with Crippen molar-refractivity contribution in [1.29, 1.82) is 0 Å². The second-order valence-electron chi connectivity index (χ2n) is 5.35. The smallest absolute Gasteiger partial charge is 0.258 e. The monoisotopic (exact) mass is 320 g/mol. The van der Waals surface area contributed by atoms with Gasteiger partial charge in [-0.25, -0.2) is 4.98 Å². The average Bonchev–Trinajstić information content (AvgIpc) is 3.04. The lowest BCUT2D eigenvalue weighted by Gasteiger charge is -2.27. The molecule has 0 atom stereocenters. The number of hydrogen-bond acceptors (Lipinski definition) is 8. The van der Waals surface area contributed by atoms with Gasteiger partial charge in [-0.15, -0.1) is 5.10 Å². The van der Waals surface area contributed by atoms with E-state index < -0.39 is 0 Å². The molecule has 0 radical (unpaired) electrons. The Labute approximate surface area is 134 Å². The van der Waals surface area contributed by atoms with E-state index >= 15 is 0 Å². The number of piperidine rings is 1. The number of thioether (sulfide) groups is 1. The normalized spacial score (nSPS) is 15.1. The quantitative estimate of drug-likeness (QED) is 0.779. The first-order valence-electron chi connectivity index (χ1n) is 7.32. The van der Waals surface area contributed by atoms with Gasteiger partial charge in [0.25, 0.3) is 5.95 Å². The number of rotatable bonds is 4. The van der Waals surface area contributed by atoms with E-state index in [2.05, 4.69) is 29.9 Å². The highest BCUT2D eigenvalue weighted by atomic mass is 32.2. The van der Waals surface area contributed by atoms with Gasteiger partial charge >= 0.3 is 0 Å². The maximum Gasteiger partial charge on any atom is 0.258 e. The number of aromatic nitrogens is 6. The van der Waals surface area contributed by atoms with Gasteiger partial charge in [0.05, 0.1) is 0 Å². The molecule has 0 unspecified atom stereocenters. The van der Waals surface area contributed by atoms with Crippen LogP contribution in [0.25, 0.3) is 5.95 Å². The predicted octanol–water partition coefficient (Wildman–Crippen LogP) is 1.23. The Bertz CT molecular complexity index is 635. The molecular weight excluding hydrogens is 300 g/mol. The van der Waals surface area contributed by atoms with Crippen LogP contribution in [0.15, 0.2) is 11.5 Å². The van der Waals surface area contributed by atoms with Crippen molar-refractivity contribution in [2.24, 2.45) is 0 Å². The van der Waals surface area contributed by atoms with Crippen LogP contribution in [-0.2, 0) is 0 Å². The summed E-state index contributed by atoms with van der Waals surface area (Å²) in [5, 5.41) is 5.06. The first kappa shape index (κ1) is 15.0. The minimum absolute atomic E-state index is 0.507. The van der Waals surface area contributed by atoms with E-state index in [4.69, 9.17) is 0 Å². The van der Waals surface area contributed by atoms with Crippen LogP contribution in [0, 0.1) is 0 Å². The Hall–Kier alpha value is -1.90. The summed E-state index contributed by atoms with van der Waals surface area (Å²) in [4.78, 5) is 21.9. The highest BCUT2D eigenvalue weighted by Crippen LogP contribution is 2.19. The van der Waals surface area contributed by atoms with Gasteiger partial charge in [-0.05, 0) is 25.5 Å². The molecule has 2 aromatic heterocycles. The van der Waals surface area contributed by atoms with Gasteiger partial charge in [0, 0.05) is 27.2 Å². The van der Waals surface area contributed by atoms with Gasteiger partial charge in [-0.2, -0.15) is 19.6 Å². The zero-order valence-corrected chi connectivity index (χ0v) is 13.9. The summed E-state index contributed by atoms with van der Waals surface area (Å²) < 4.78 is 1.61. The molecule has 1 fully saturated rings. The minimum atomic E-state index is 0.507. The van der Waals surface area contributed by atoms with Gasteiger partial charge < -0.3 is 9.80 Å². The Morgan fingerprint density at radius 3 is 2.41 bits per heavy atom. The van der Waals surface area contributed by atoms with Gasteiger partial charge in [-0.3, -0.25) is 0 Å². The van der Waals surface area contributed by atoms with Gasteiger partial charge in [0.1, 0.15) is 6.33 Å². The van der Waals surface area contributed by atoms with Crippen LogP contribution >= 0.6 is 11.8 Å². The van der Waals surface area contributed by atoms with Crippen molar-refractivity contribution in [3.63, 3.8) is 0 Å². The molecule has 0 spiro atoms. The fraction of sp³-hybridized carbons (Fsp3) is 0.615. The predicted molar refractivity (Wildman–Crippen MR) is 86.9 cm³/mol. The van der Waals surface area contributed by atoms with Crippen molar-refractivity contribution in [2.75, 3.05) is 43.2 Å². The van der Waals surface area contributed by atoms with Gasteiger partial charge in [0.15, 0.2) is 0 Å². The second-order valence-corrected chi connectivity index (χ2v) is 6.13. The molecule has 3 heterocycles. The molecule has 0 saturated carbocycles. The Morgan fingerprint density at radius 2 is 1.77 bits per heavy atom. The average molecular weight is 320 g/mol. The third kappa shape index (κ3) is 3.13. The molecule has 0 bridgehead atoms. The third-order valence-electron chi connectivity index (χ3n) is 3.50. The van der Waals surface area contributed by atoms with Crippen LogP contribution in [0.2, 0.25) is 0 Å². The van der Waals surface area contributed by atoms with Crippen molar-refractivity contribution in [3.8, 4) is 5.95 Å². The molecular formula is C13H20N8S. The number of nitrogens with zero attached hydrogens (tertiary/aromatic N) is 8. The zero-order chi connectivity index (χ0) is 15.5. The number of anilines is 2. The zero-order valence-electron chi connectivity index (χ0n) is 13.1. The summed E-state index contributed by atoms with van der Waals surface area (Å²) in [5.41, 5.74) is 0. The molecule has 118 valence electrons. The second kappa shape index (κ2) is 6.47. The Balaban J connectivity index is 1.99. The molecule has 9 heteroatoms. The lowest BCUT2D eigenvalue weighted by molar-refractivity contribution is 0.565. The van der Waals surface area contributed by atoms with Crippen LogP contribution in [0.4, 0.5) is 11.9 Å². The molecule has 0 amide bonds. The van der Waals surface area contributed by atoms with Crippen LogP contribution in [0.1, 0.15) is 19.3 Å². The minimum Gasteiger partial charge on any atom is -0.347 e. The molecule has 0 aliphatic carbocycles. The largest absolute Gasteiger partial charge is 0.347 e. The van der Waals surface area contributed by atoms with Crippen molar-refractivity contribution < 1.29 is 0 Å². The maximum atomic E-state index is 4.59. The molecule has 3 rings (SSSR count). The summed E-state index contributed by atoms with van der Waals surface area (Å²) >= 11 is 1.49. The SMILES string of the molecule is CSc1ncn(-c2nc(N(C)C)nc(N3CCCCC3)n2)n1. The molecule has 1 aliphatic heterocycles. The molecule has 2 aromatic rings. The van der Waals surface area contributed by atoms with Crippen LogP contribution in [0.5, 0.6) is 0 Å². The van der Waals surface area contributed by atoms with E-state index in [1.165, 1.54) is 31.0 Å². The van der Waals surface area contributed by atoms with E-state index in [0.717, 1.165) is 19.0 Å². The lowest BCUT2D eigenvalue weighted by atomic mass is 10.1. The maximum absolute atomic E-state index is 4.59. The Kier molecular flexibility index (Phi) is 4.41. The molecule has 0 aromatic carbocycles. The highest BCUT2D eigenvalue weighted by Gasteiger charge is 2.18. The van der Waals surface area contributed by atoms with Crippen LogP contribution in [0.3, 0.4) is 0 Å². The third-order valence-corrected chi connectivity index (χ3v) is 4.05. The fourth-order valence-corrected chi connectivity index (χ4v) is 2.64. The first-order chi connectivity index (χ1) is 10.7. The lowest BCUT2D eigenvalue weighted by Crippen LogP contribution is -2.32. The van der Waals surface area contributed by atoms with Gasteiger partial charge in [0.2, 0.25) is 17.1 Å². The van der Waals surface area contributed by atoms with E-state index in [0.29, 0.717) is 17.1 Å². The van der Waals surface area contributed by atoms with E-state index in [-0.39, 0.29) is 0 Å². The first-order valence-corrected chi connectivity index (χ1v) is 8.54. The molecule has 8 nitrogen and oxygen atoms in total. The van der Waals surface area contributed by atoms with Crippen LogP contribution in [-0.4, -0.2) is 63.2 Å². The summed E-state index contributed by atoms with van der Waals surface area (Å²) in [7, 11) is 3.85. The van der Waals surface area contributed by atoms with E-state index in [1.807, 2.05) is 25.3 Å². The summed E-state index contributed by atoms with van der Waals surface area (Å²) in [6.45, 7) is 1.98. The van der Waals surface area contributed by atoms with E-state index in [1.54, 1.807) is 11.0 Å². The molecule has 1 aliphatic rings. The van der Waals surface area contributed by atoms with Crippen molar-refractivity contribution in [3.05, 3.63) is 6.33 Å². The van der Waals surface area contributed by atoms with Crippen molar-refractivity contribution in [2.45, 2.75) is 24.4 Å². The highest BCUT2D eigenvalue weighted by molar-refractivity contribution is 7.98.